The van der Waals surface area contributed by atoms with Crippen LogP contribution in [0.4, 0.5) is 0 Å². The molecule has 1 aromatic heterocycles. The summed E-state index contributed by atoms with van der Waals surface area (Å²) in [6, 6.07) is 0.297. The number of aromatic nitrogens is 3. The largest absolute Gasteiger partial charge is 0.366 e. The van der Waals surface area contributed by atoms with E-state index in [1.54, 1.807) is 12.7 Å². The number of nitrogens with zero attached hydrogens (tertiary/aromatic N) is 3. The van der Waals surface area contributed by atoms with Crippen LogP contribution in [0.25, 0.3) is 0 Å². The van der Waals surface area contributed by atoms with Crippen LogP contribution in [0.3, 0.4) is 0 Å². The maximum Gasteiger partial charge on any atom is 0.229 e. The summed E-state index contributed by atoms with van der Waals surface area (Å²) in [4.78, 5) is 17.0. The van der Waals surface area contributed by atoms with E-state index in [4.69, 9.17) is 10.5 Å². The second-order valence-corrected chi connectivity index (χ2v) is 8.40. The Kier molecular flexibility index (Phi) is 2.96. The molecule has 1 spiro atoms. The molecule has 5 aliphatic rings. The van der Waals surface area contributed by atoms with E-state index >= 15 is 0 Å². The minimum Gasteiger partial charge on any atom is -0.366 e. The van der Waals surface area contributed by atoms with Crippen molar-refractivity contribution in [1.82, 2.24) is 20.1 Å². The number of amides is 1. The second kappa shape index (κ2) is 4.79. The minimum atomic E-state index is -0.304. The Morgan fingerprint density at radius 3 is 2.75 bits per heavy atom. The predicted molar refractivity (Wildman–Crippen MR) is 85.8 cm³/mol. The summed E-state index contributed by atoms with van der Waals surface area (Å²) in [5.74, 6) is 0.796. The Balaban J connectivity index is 1.20. The van der Waals surface area contributed by atoms with Crippen molar-refractivity contribution in [2.24, 2.45) is 17.1 Å². The van der Waals surface area contributed by atoms with Crippen LogP contribution >= 0.6 is 0 Å². The predicted octanol–water partition coefficient (Wildman–Crippen LogP) is 0.603. The molecule has 1 aromatic rings. The van der Waals surface area contributed by atoms with Crippen LogP contribution in [0.15, 0.2) is 12.7 Å². The molecule has 0 aromatic carbocycles. The zero-order valence-electron chi connectivity index (χ0n) is 13.9. The zero-order valence-corrected chi connectivity index (χ0v) is 13.9. The summed E-state index contributed by atoms with van der Waals surface area (Å²) in [5, 5.41) is 7.46. The highest BCUT2D eigenvalue weighted by atomic mass is 16.5. The molecule has 7 nitrogen and oxygen atoms in total. The lowest BCUT2D eigenvalue weighted by atomic mass is 9.50. The molecule has 2 bridgehead atoms. The molecule has 3 aliphatic carbocycles. The standard InChI is InChI=1S/C17H25N5O2/c18-9-15-7-16(8-15,17(24-15)2-1-3-17)14(23)21-13-4-12(5-13)6-22-11-19-10-20-22/h10-13H,1-9,18H2,(H,21,23). The lowest BCUT2D eigenvalue weighted by Gasteiger charge is -2.51. The molecule has 1 amide bonds. The molecule has 6 rings (SSSR count). The van der Waals surface area contributed by atoms with Crippen LogP contribution in [-0.2, 0) is 16.1 Å². The quantitative estimate of drug-likeness (QED) is 0.824. The fourth-order valence-electron chi connectivity index (χ4n) is 5.50. The number of carbonyl (C=O) groups is 1. The minimum absolute atomic E-state index is 0.208. The SMILES string of the molecule is NCC12CC(C(=O)NC3CC(Cn4cncn4)C3)(C1)C1(CCC1)O2. The molecule has 3 N–H and O–H groups in total. The van der Waals surface area contributed by atoms with Crippen molar-refractivity contribution in [3.8, 4) is 0 Å². The maximum atomic E-state index is 13.0. The van der Waals surface area contributed by atoms with Crippen molar-refractivity contribution in [3.05, 3.63) is 12.7 Å². The van der Waals surface area contributed by atoms with Gasteiger partial charge < -0.3 is 15.8 Å². The third kappa shape index (κ3) is 1.82. The molecule has 0 unspecified atom stereocenters. The molecule has 24 heavy (non-hydrogen) atoms. The number of nitrogens with two attached hydrogens (primary N) is 1. The Hall–Kier alpha value is -1.47. The van der Waals surface area contributed by atoms with Gasteiger partial charge in [-0.05, 0) is 50.9 Å². The summed E-state index contributed by atoms with van der Waals surface area (Å²) in [5.41, 5.74) is 5.19. The molecule has 130 valence electrons. The van der Waals surface area contributed by atoms with Gasteiger partial charge in [0, 0.05) is 19.1 Å². The Morgan fingerprint density at radius 2 is 2.17 bits per heavy atom. The molecule has 2 saturated heterocycles. The van der Waals surface area contributed by atoms with Gasteiger partial charge in [0.1, 0.15) is 12.7 Å². The first-order valence-electron chi connectivity index (χ1n) is 9.12. The van der Waals surface area contributed by atoms with Crippen LogP contribution in [0.1, 0.15) is 44.9 Å². The van der Waals surface area contributed by atoms with Crippen LogP contribution < -0.4 is 11.1 Å². The van der Waals surface area contributed by atoms with E-state index in [0.717, 1.165) is 45.1 Å². The molecule has 2 aliphatic heterocycles. The van der Waals surface area contributed by atoms with Crippen LogP contribution in [0, 0.1) is 11.3 Å². The molecular weight excluding hydrogens is 306 g/mol. The second-order valence-electron chi connectivity index (χ2n) is 8.40. The van der Waals surface area contributed by atoms with Gasteiger partial charge in [-0.15, -0.1) is 0 Å². The van der Waals surface area contributed by atoms with Crippen molar-refractivity contribution in [1.29, 1.82) is 0 Å². The first-order chi connectivity index (χ1) is 11.6. The highest BCUT2D eigenvalue weighted by Gasteiger charge is 2.78. The van der Waals surface area contributed by atoms with Gasteiger partial charge in [-0.3, -0.25) is 9.48 Å². The molecule has 7 heteroatoms. The maximum absolute atomic E-state index is 13.0. The van der Waals surface area contributed by atoms with E-state index in [1.165, 1.54) is 6.42 Å². The van der Waals surface area contributed by atoms with Crippen LogP contribution in [0.2, 0.25) is 0 Å². The lowest BCUT2D eigenvalue weighted by Crippen LogP contribution is -2.63. The number of hydrogen-bond acceptors (Lipinski definition) is 5. The normalized spacial score (nSPS) is 41.4. The summed E-state index contributed by atoms with van der Waals surface area (Å²) in [7, 11) is 0. The number of hydrogen-bond donors (Lipinski definition) is 2. The van der Waals surface area contributed by atoms with Gasteiger partial charge in [0.05, 0.1) is 16.6 Å². The summed E-state index contributed by atoms with van der Waals surface area (Å²) in [6.07, 6.45) is 10.2. The highest BCUT2D eigenvalue weighted by Crippen LogP contribution is 2.71. The third-order valence-corrected chi connectivity index (χ3v) is 6.98. The Morgan fingerprint density at radius 1 is 1.38 bits per heavy atom. The molecule has 0 atom stereocenters. The lowest BCUT2D eigenvalue weighted by molar-refractivity contribution is -0.147. The van der Waals surface area contributed by atoms with Gasteiger partial charge in [-0.25, -0.2) is 4.98 Å². The summed E-state index contributed by atoms with van der Waals surface area (Å²) in [6.45, 7) is 1.42. The fourth-order valence-corrected chi connectivity index (χ4v) is 5.50. The average Bonchev–Trinajstić information content (AvgIpc) is 3.13. The van der Waals surface area contributed by atoms with Gasteiger partial charge in [0.15, 0.2) is 0 Å². The topological polar surface area (TPSA) is 95.1 Å². The highest BCUT2D eigenvalue weighted by molar-refractivity contribution is 5.87. The monoisotopic (exact) mass is 331 g/mol. The smallest absolute Gasteiger partial charge is 0.229 e. The van der Waals surface area contributed by atoms with E-state index in [1.807, 2.05) is 4.68 Å². The molecule has 5 fully saturated rings. The van der Waals surface area contributed by atoms with E-state index < -0.39 is 0 Å². The van der Waals surface area contributed by atoms with Gasteiger partial charge in [-0.1, -0.05) is 0 Å². The first-order valence-corrected chi connectivity index (χ1v) is 9.12. The van der Waals surface area contributed by atoms with Crippen molar-refractivity contribution in [3.63, 3.8) is 0 Å². The summed E-state index contributed by atoms with van der Waals surface area (Å²) < 4.78 is 8.21. The third-order valence-electron chi connectivity index (χ3n) is 6.98. The molecule has 0 radical (unpaired) electrons. The van der Waals surface area contributed by atoms with E-state index in [0.29, 0.717) is 18.5 Å². The molecule has 3 heterocycles. The van der Waals surface area contributed by atoms with Crippen molar-refractivity contribution < 1.29 is 9.53 Å². The zero-order chi connectivity index (χ0) is 16.4. The average molecular weight is 331 g/mol. The van der Waals surface area contributed by atoms with E-state index in [9.17, 15) is 4.79 Å². The number of carbonyl (C=O) groups excluding carboxylic acids is 1. The van der Waals surface area contributed by atoms with Gasteiger partial charge >= 0.3 is 0 Å². The van der Waals surface area contributed by atoms with Gasteiger partial charge in [0.2, 0.25) is 5.91 Å². The number of rotatable bonds is 5. The van der Waals surface area contributed by atoms with Crippen molar-refractivity contribution in [2.45, 2.75) is 68.7 Å². The van der Waals surface area contributed by atoms with Crippen LogP contribution in [-0.4, -0.2) is 44.5 Å². The number of nitrogens with one attached hydrogen (secondary N) is 1. The van der Waals surface area contributed by atoms with Gasteiger partial charge in [-0.2, -0.15) is 5.10 Å². The van der Waals surface area contributed by atoms with Crippen molar-refractivity contribution >= 4 is 5.91 Å². The first kappa shape index (κ1) is 14.8. The van der Waals surface area contributed by atoms with Crippen molar-refractivity contribution in [2.75, 3.05) is 6.54 Å². The Bertz CT molecular complexity index is 642. The molecule has 3 saturated carbocycles. The number of ether oxygens (including phenoxy) is 1. The summed E-state index contributed by atoms with van der Waals surface area (Å²) >= 11 is 0. The Labute approximate surface area is 141 Å². The molecular formula is C17H25N5O2. The van der Waals surface area contributed by atoms with E-state index in [2.05, 4.69) is 15.4 Å². The van der Waals surface area contributed by atoms with Gasteiger partial charge in [0.25, 0.3) is 0 Å². The van der Waals surface area contributed by atoms with E-state index in [-0.39, 0.29) is 22.5 Å². The fraction of sp³-hybridized carbons (Fsp3) is 0.824. The van der Waals surface area contributed by atoms with Crippen LogP contribution in [0.5, 0.6) is 0 Å².